The number of rotatable bonds is 3. The summed E-state index contributed by atoms with van der Waals surface area (Å²) in [6, 6.07) is 25.5. The molecule has 5 rings (SSSR count). The molecule has 0 spiro atoms. The lowest BCUT2D eigenvalue weighted by molar-refractivity contribution is 0.410. The average Bonchev–Trinajstić information content (AvgIpc) is 3.13. The quantitative estimate of drug-likeness (QED) is 0.302. The van der Waals surface area contributed by atoms with Gasteiger partial charge in [0.25, 0.3) is 0 Å². The van der Waals surface area contributed by atoms with Crippen LogP contribution in [0.25, 0.3) is 44.3 Å². The largest absolute Gasteiger partial charge is 0.456 e. The van der Waals surface area contributed by atoms with E-state index in [4.69, 9.17) is 9.40 Å². The highest BCUT2D eigenvalue weighted by Gasteiger charge is 2.16. The molecule has 0 amide bonds. The Morgan fingerprint density at radius 2 is 1.61 bits per heavy atom. The zero-order valence-electron chi connectivity index (χ0n) is 18.6. The molecule has 3 aromatic carbocycles. The molecule has 0 saturated heterocycles. The van der Waals surface area contributed by atoms with Crippen LogP contribution in [-0.2, 0) is 6.42 Å². The summed E-state index contributed by atoms with van der Waals surface area (Å²) < 4.78 is 6.19. The van der Waals surface area contributed by atoms with E-state index in [0.29, 0.717) is 0 Å². The van der Waals surface area contributed by atoms with Crippen molar-refractivity contribution in [2.24, 2.45) is 5.41 Å². The van der Waals surface area contributed by atoms with Crippen LogP contribution in [0.1, 0.15) is 31.9 Å². The summed E-state index contributed by atoms with van der Waals surface area (Å²) in [4.78, 5) is 4.76. The van der Waals surface area contributed by atoms with Crippen LogP contribution in [0.3, 0.4) is 0 Å². The summed E-state index contributed by atoms with van der Waals surface area (Å²) in [5.41, 5.74) is 9.19. The molecule has 31 heavy (non-hydrogen) atoms. The van der Waals surface area contributed by atoms with Gasteiger partial charge in [-0.25, -0.2) is 0 Å². The Morgan fingerprint density at radius 1 is 0.806 bits per heavy atom. The zero-order valence-corrected chi connectivity index (χ0v) is 18.6. The van der Waals surface area contributed by atoms with Gasteiger partial charge in [-0.2, -0.15) is 0 Å². The number of fused-ring (bicyclic) bond motifs is 3. The van der Waals surface area contributed by atoms with Crippen molar-refractivity contribution in [1.29, 1.82) is 0 Å². The maximum atomic E-state index is 6.19. The number of benzene rings is 3. The van der Waals surface area contributed by atoms with Crippen molar-refractivity contribution in [3.8, 4) is 22.4 Å². The lowest BCUT2D eigenvalue weighted by Crippen LogP contribution is -2.10. The summed E-state index contributed by atoms with van der Waals surface area (Å²) in [5, 5.41) is 2.29. The van der Waals surface area contributed by atoms with Crippen molar-refractivity contribution in [2.75, 3.05) is 0 Å². The van der Waals surface area contributed by atoms with Crippen molar-refractivity contribution in [1.82, 2.24) is 4.98 Å². The van der Waals surface area contributed by atoms with Crippen molar-refractivity contribution >= 4 is 21.9 Å². The van der Waals surface area contributed by atoms with E-state index in [-0.39, 0.29) is 5.41 Å². The average molecular weight is 406 g/mol. The van der Waals surface area contributed by atoms with E-state index in [0.717, 1.165) is 39.6 Å². The van der Waals surface area contributed by atoms with Gasteiger partial charge in [0, 0.05) is 22.5 Å². The van der Waals surface area contributed by atoms with Gasteiger partial charge < -0.3 is 4.42 Å². The van der Waals surface area contributed by atoms with E-state index in [1.54, 1.807) is 0 Å². The summed E-state index contributed by atoms with van der Waals surface area (Å²) in [7, 11) is 0. The van der Waals surface area contributed by atoms with E-state index in [2.05, 4.69) is 88.4 Å². The first-order valence-electron chi connectivity index (χ1n) is 10.9. The lowest BCUT2D eigenvalue weighted by Gasteiger charge is -2.20. The second-order valence-corrected chi connectivity index (χ2v) is 9.59. The minimum absolute atomic E-state index is 0.235. The molecular formula is C29H27NO. The van der Waals surface area contributed by atoms with Crippen molar-refractivity contribution in [3.05, 3.63) is 90.1 Å². The number of furan rings is 1. The molecule has 5 aromatic rings. The maximum absolute atomic E-state index is 6.19. The van der Waals surface area contributed by atoms with Gasteiger partial charge in [-0.15, -0.1) is 0 Å². The first kappa shape index (κ1) is 19.6. The van der Waals surface area contributed by atoms with E-state index in [1.807, 2.05) is 18.3 Å². The zero-order chi connectivity index (χ0) is 21.6. The fourth-order valence-electron chi connectivity index (χ4n) is 4.33. The molecule has 2 heterocycles. The minimum atomic E-state index is 0.235. The molecule has 0 bridgehead atoms. The number of hydrogen-bond acceptors (Lipinski definition) is 2. The van der Waals surface area contributed by atoms with Gasteiger partial charge in [0.1, 0.15) is 11.2 Å². The number of aromatic nitrogens is 1. The molecule has 0 atom stereocenters. The third-order valence-electron chi connectivity index (χ3n) is 5.81. The number of nitrogens with zero attached hydrogens (tertiary/aromatic N) is 1. The summed E-state index contributed by atoms with van der Waals surface area (Å²) >= 11 is 0. The number of aryl methyl sites for hydroxylation is 1. The topological polar surface area (TPSA) is 26.0 Å². The Labute approximate surface area is 183 Å². The van der Waals surface area contributed by atoms with E-state index in [9.17, 15) is 0 Å². The molecule has 0 saturated carbocycles. The molecule has 2 heteroatoms. The van der Waals surface area contributed by atoms with Gasteiger partial charge in [0.05, 0.1) is 5.69 Å². The van der Waals surface area contributed by atoms with Crippen LogP contribution in [0.5, 0.6) is 0 Å². The predicted molar refractivity (Wildman–Crippen MR) is 130 cm³/mol. The van der Waals surface area contributed by atoms with Crippen LogP contribution in [0.4, 0.5) is 0 Å². The fourth-order valence-corrected chi connectivity index (χ4v) is 4.33. The Balaban J connectivity index is 1.69. The second kappa shape index (κ2) is 7.39. The molecule has 0 fully saturated rings. The second-order valence-electron chi connectivity index (χ2n) is 9.59. The molecule has 0 N–H and O–H groups in total. The fraction of sp³-hybridized carbons (Fsp3) is 0.207. The highest BCUT2D eigenvalue weighted by Crippen LogP contribution is 2.38. The van der Waals surface area contributed by atoms with E-state index >= 15 is 0 Å². The summed E-state index contributed by atoms with van der Waals surface area (Å²) in [6.45, 7) is 8.99. The maximum Gasteiger partial charge on any atom is 0.136 e. The Morgan fingerprint density at radius 3 is 2.39 bits per heavy atom. The highest BCUT2D eigenvalue weighted by atomic mass is 16.3. The molecular weight excluding hydrogens is 378 g/mol. The van der Waals surface area contributed by atoms with Gasteiger partial charge >= 0.3 is 0 Å². The summed E-state index contributed by atoms with van der Waals surface area (Å²) in [6.07, 6.45) is 3.03. The van der Waals surface area contributed by atoms with Gasteiger partial charge in [-0.1, -0.05) is 63.2 Å². The third kappa shape index (κ3) is 3.74. The van der Waals surface area contributed by atoms with E-state index < -0.39 is 0 Å². The Bertz CT molecular complexity index is 1390. The van der Waals surface area contributed by atoms with Crippen molar-refractivity contribution in [2.45, 2.75) is 34.1 Å². The highest BCUT2D eigenvalue weighted by molar-refractivity contribution is 6.13. The molecule has 0 unspecified atom stereocenters. The summed E-state index contributed by atoms with van der Waals surface area (Å²) in [5.74, 6) is 0. The SMILES string of the molecule is Cc1cnc(-c2ccc3oc4cccc(-c5ccccc5)c4c3c2)cc1CC(C)(C)C. The molecule has 0 aliphatic rings. The van der Waals surface area contributed by atoms with Crippen molar-refractivity contribution in [3.63, 3.8) is 0 Å². The van der Waals surface area contributed by atoms with Crippen LogP contribution < -0.4 is 0 Å². The Hall–Kier alpha value is -3.39. The lowest BCUT2D eigenvalue weighted by atomic mass is 9.86. The number of hydrogen-bond donors (Lipinski definition) is 0. The molecule has 0 aliphatic carbocycles. The molecule has 0 aliphatic heterocycles. The van der Waals surface area contributed by atoms with Crippen LogP contribution in [0, 0.1) is 12.3 Å². The standard InChI is InChI=1S/C29H27NO/c1-19-18-30-25(16-22(19)17-29(2,3)4)21-13-14-26-24(15-21)28-23(11-8-12-27(28)31-26)20-9-6-5-7-10-20/h5-16,18H,17H2,1-4H3. The molecule has 0 radical (unpaired) electrons. The first-order valence-corrected chi connectivity index (χ1v) is 10.9. The third-order valence-corrected chi connectivity index (χ3v) is 5.81. The van der Waals surface area contributed by atoms with Gasteiger partial charge in [-0.3, -0.25) is 4.98 Å². The predicted octanol–water partition coefficient (Wildman–Crippen LogP) is 8.21. The van der Waals surface area contributed by atoms with Gasteiger partial charge in [0.2, 0.25) is 0 Å². The molecule has 2 aromatic heterocycles. The van der Waals surface area contributed by atoms with Crippen molar-refractivity contribution < 1.29 is 4.42 Å². The Kier molecular flexibility index (Phi) is 4.66. The normalized spacial score (nSPS) is 12.0. The van der Waals surface area contributed by atoms with E-state index in [1.165, 1.54) is 22.3 Å². The van der Waals surface area contributed by atoms with Crippen LogP contribution in [0.2, 0.25) is 0 Å². The smallest absolute Gasteiger partial charge is 0.136 e. The van der Waals surface area contributed by atoms with Crippen LogP contribution >= 0.6 is 0 Å². The first-order chi connectivity index (χ1) is 14.9. The van der Waals surface area contributed by atoms with Gasteiger partial charge in [0.15, 0.2) is 0 Å². The molecule has 2 nitrogen and oxygen atoms in total. The monoisotopic (exact) mass is 405 g/mol. The molecule has 154 valence electrons. The van der Waals surface area contributed by atoms with Crippen LogP contribution in [0.15, 0.2) is 83.4 Å². The van der Waals surface area contributed by atoms with Gasteiger partial charge in [-0.05, 0) is 71.3 Å². The number of pyridine rings is 1. The minimum Gasteiger partial charge on any atom is -0.456 e. The van der Waals surface area contributed by atoms with Crippen LogP contribution in [-0.4, -0.2) is 4.98 Å².